The number of aryl methyl sites for hydroxylation is 2. The lowest BCUT2D eigenvalue weighted by Gasteiger charge is -2.37. The van der Waals surface area contributed by atoms with Crippen LogP contribution < -0.4 is 4.90 Å². The summed E-state index contributed by atoms with van der Waals surface area (Å²) in [7, 11) is 0. The zero-order chi connectivity index (χ0) is 26.4. The van der Waals surface area contributed by atoms with Crippen LogP contribution in [-0.4, -0.2) is 71.3 Å². The van der Waals surface area contributed by atoms with Gasteiger partial charge in [-0.15, -0.1) is 6.58 Å². The Morgan fingerprint density at radius 3 is 2.72 bits per heavy atom. The number of rotatable bonds is 9. The van der Waals surface area contributed by atoms with Gasteiger partial charge >= 0.3 is 5.97 Å². The Morgan fingerprint density at radius 1 is 1.36 bits per heavy atom. The largest absolute Gasteiger partial charge is 0.466 e. The molecule has 3 fully saturated rings. The molecule has 36 heavy (non-hydrogen) atoms. The summed E-state index contributed by atoms with van der Waals surface area (Å²) in [5.41, 5.74) is 0.637. The summed E-state index contributed by atoms with van der Waals surface area (Å²) in [5.74, 6) is -2.67. The van der Waals surface area contributed by atoms with Gasteiger partial charge in [-0.25, -0.2) is 0 Å². The number of fused-ring (bicyclic) bond motifs is 1. The fourth-order valence-electron chi connectivity index (χ4n) is 6.68. The van der Waals surface area contributed by atoms with Crippen molar-refractivity contribution in [1.29, 1.82) is 0 Å². The van der Waals surface area contributed by atoms with E-state index in [9.17, 15) is 19.5 Å². The van der Waals surface area contributed by atoms with Crippen LogP contribution in [0.2, 0.25) is 0 Å². The topological polar surface area (TPSA) is 96.4 Å². The molecule has 4 rings (SSSR count). The maximum absolute atomic E-state index is 14.5. The Hall–Kier alpha value is -2.71. The van der Waals surface area contributed by atoms with Gasteiger partial charge in [0.2, 0.25) is 5.91 Å². The van der Waals surface area contributed by atoms with E-state index in [2.05, 4.69) is 6.58 Å². The highest BCUT2D eigenvalue weighted by atomic mass is 16.6. The highest BCUT2D eigenvalue weighted by molar-refractivity contribution is 6.05. The van der Waals surface area contributed by atoms with E-state index < -0.39 is 35.0 Å². The van der Waals surface area contributed by atoms with Crippen molar-refractivity contribution in [2.45, 2.75) is 64.7 Å². The van der Waals surface area contributed by atoms with Crippen molar-refractivity contribution < 1.29 is 29.0 Å². The highest BCUT2D eigenvalue weighted by Crippen LogP contribution is 2.65. The van der Waals surface area contributed by atoms with Crippen molar-refractivity contribution in [3.63, 3.8) is 0 Å². The molecule has 0 aliphatic carbocycles. The second-order valence-corrected chi connectivity index (χ2v) is 10.6. The number of benzene rings is 1. The van der Waals surface area contributed by atoms with Gasteiger partial charge in [0.1, 0.15) is 17.6 Å². The van der Waals surface area contributed by atoms with E-state index in [1.807, 2.05) is 45.9 Å². The molecule has 196 valence electrons. The molecule has 0 radical (unpaired) electrons. The number of carbonyl (C=O) groups is 3. The minimum Gasteiger partial charge on any atom is -0.466 e. The predicted octanol–water partition coefficient (Wildman–Crippen LogP) is 2.78. The minimum absolute atomic E-state index is 0.0578. The van der Waals surface area contributed by atoms with E-state index in [4.69, 9.17) is 9.47 Å². The number of esters is 1. The first-order valence-electron chi connectivity index (χ1n) is 12.8. The summed E-state index contributed by atoms with van der Waals surface area (Å²) in [5, 5.41) is 9.55. The SMILES string of the molecule is C=CCN(C(=O)C1N(CCCO)C(=O)[C@@H]2[C@H](C(=O)OCC)[C@@]3(C)OC12CC3C)c1cc(C)ccc1C. The molecule has 3 aliphatic heterocycles. The van der Waals surface area contributed by atoms with Crippen LogP contribution in [0.4, 0.5) is 5.69 Å². The van der Waals surface area contributed by atoms with Gasteiger partial charge in [-0.1, -0.05) is 25.1 Å². The number of aliphatic hydroxyl groups is 1. The third-order valence-corrected chi connectivity index (χ3v) is 8.38. The summed E-state index contributed by atoms with van der Waals surface area (Å²) >= 11 is 0. The number of carbonyl (C=O) groups excluding carboxylic acids is 3. The van der Waals surface area contributed by atoms with Crippen LogP contribution in [0.5, 0.6) is 0 Å². The van der Waals surface area contributed by atoms with E-state index in [0.29, 0.717) is 12.8 Å². The third-order valence-electron chi connectivity index (χ3n) is 8.38. The van der Waals surface area contributed by atoms with Crippen molar-refractivity contribution in [1.82, 2.24) is 4.90 Å². The van der Waals surface area contributed by atoms with Crippen molar-refractivity contribution in [2.75, 3.05) is 31.2 Å². The first-order valence-corrected chi connectivity index (χ1v) is 12.8. The molecule has 1 aromatic rings. The lowest BCUT2D eigenvalue weighted by atomic mass is 9.62. The van der Waals surface area contributed by atoms with Crippen LogP contribution in [0.25, 0.3) is 0 Å². The number of nitrogens with zero attached hydrogens (tertiary/aromatic N) is 2. The van der Waals surface area contributed by atoms with E-state index in [0.717, 1.165) is 16.8 Å². The van der Waals surface area contributed by atoms with E-state index in [1.165, 1.54) is 4.90 Å². The zero-order valence-corrected chi connectivity index (χ0v) is 22.0. The van der Waals surface area contributed by atoms with Crippen molar-refractivity contribution in [3.05, 3.63) is 42.0 Å². The fourth-order valence-corrected chi connectivity index (χ4v) is 6.68. The van der Waals surface area contributed by atoms with Crippen molar-refractivity contribution in [2.24, 2.45) is 17.8 Å². The molecule has 1 spiro atoms. The molecule has 1 aromatic carbocycles. The lowest BCUT2D eigenvalue weighted by Crippen LogP contribution is -2.57. The molecular weight excluding hydrogens is 460 g/mol. The lowest BCUT2D eigenvalue weighted by molar-refractivity contribution is -0.161. The number of likely N-dealkylation sites (tertiary alicyclic amines) is 1. The van der Waals surface area contributed by atoms with Gasteiger partial charge in [0.15, 0.2) is 0 Å². The summed E-state index contributed by atoms with van der Waals surface area (Å²) in [4.78, 5) is 44.8. The second-order valence-electron chi connectivity index (χ2n) is 10.6. The van der Waals surface area contributed by atoms with Gasteiger partial charge in [-0.2, -0.15) is 0 Å². The monoisotopic (exact) mass is 498 g/mol. The molecule has 3 unspecified atom stereocenters. The Bertz CT molecular complexity index is 1070. The van der Waals surface area contributed by atoms with Gasteiger partial charge < -0.3 is 24.4 Å². The molecule has 3 saturated heterocycles. The van der Waals surface area contributed by atoms with Gasteiger partial charge in [-0.05, 0) is 63.6 Å². The quantitative estimate of drug-likeness (QED) is 0.416. The number of hydrogen-bond acceptors (Lipinski definition) is 6. The maximum atomic E-state index is 14.5. The minimum atomic E-state index is -1.15. The number of hydrogen-bond donors (Lipinski definition) is 1. The van der Waals surface area contributed by atoms with Crippen LogP contribution in [0.1, 0.15) is 44.7 Å². The van der Waals surface area contributed by atoms with Gasteiger partial charge in [0, 0.05) is 25.4 Å². The molecule has 0 saturated carbocycles. The van der Waals surface area contributed by atoms with Gasteiger partial charge in [0.25, 0.3) is 5.91 Å². The predicted molar refractivity (Wildman–Crippen MR) is 135 cm³/mol. The van der Waals surface area contributed by atoms with Crippen LogP contribution in [-0.2, 0) is 23.9 Å². The van der Waals surface area contributed by atoms with Crippen molar-refractivity contribution >= 4 is 23.5 Å². The van der Waals surface area contributed by atoms with Gasteiger partial charge in [-0.3, -0.25) is 14.4 Å². The van der Waals surface area contributed by atoms with E-state index in [1.54, 1.807) is 17.9 Å². The normalized spacial score (nSPS) is 32.5. The highest BCUT2D eigenvalue weighted by Gasteiger charge is 2.80. The molecule has 3 heterocycles. The first kappa shape index (κ1) is 26.4. The maximum Gasteiger partial charge on any atom is 0.312 e. The summed E-state index contributed by atoms with van der Waals surface area (Å²) in [6, 6.07) is 4.99. The number of amides is 2. The van der Waals surface area contributed by atoms with Gasteiger partial charge in [0.05, 0.1) is 18.1 Å². The first-order chi connectivity index (χ1) is 17.1. The molecule has 2 bridgehead atoms. The molecule has 1 N–H and O–H groups in total. The average Bonchev–Trinajstić information content (AvgIpc) is 3.34. The average molecular weight is 499 g/mol. The Labute approximate surface area is 213 Å². The van der Waals surface area contributed by atoms with Crippen molar-refractivity contribution in [3.8, 4) is 0 Å². The third kappa shape index (κ3) is 3.77. The second kappa shape index (κ2) is 9.63. The molecule has 3 aliphatic rings. The molecule has 8 heteroatoms. The molecule has 2 amide bonds. The van der Waals surface area contributed by atoms with E-state index >= 15 is 0 Å². The summed E-state index contributed by atoms with van der Waals surface area (Å²) in [6.45, 7) is 13.9. The zero-order valence-electron chi connectivity index (χ0n) is 22.0. The molecule has 0 aromatic heterocycles. The number of aliphatic hydroxyl groups excluding tert-OH is 1. The standard InChI is InChI=1S/C28H38N2O6/c1-7-12-29(20-15-17(3)10-11-18(20)4)25(33)23-28-16-19(5)27(6,36-28)22(26(34)35-8-2)21(28)24(32)30(23)13-9-14-31/h7,10-11,15,19,21-23,31H,1,8-9,12-14,16H2,2-6H3/t19?,21-,22+,23?,27-,28?/m0/s1. The number of ether oxygens (including phenoxy) is 2. The molecule has 8 nitrogen and oxygen atoms in total. The Morgan fingerprint density at radius 2 is 2.08 bits per heavy atom. The van der Waals surface area contributed by atoms with Crippen LogP contribution in [0.15, 0.2) is 30.9 Å². The Balaban J connectivity index is 1.85. The number of anilines is 1. The summed E-state index contributed by atoms with van der Waals surface area (Å²) < 4.78 is 12.1. The Kier molecular flexibility index (Phi) is 7.05. The molecular formula is C28H38N2O6. The smallest absolute Gasteiger partial charge is 0.312 e. The molecule has 6 atom stereocenters. The fraction of sp³-hybridized carbons (Fsp3) is 0.607. The van der Waals surface area contributed by atoms with E-state index in [-0.39, 0.29) is 44.0 Å². The van der Waals surface area contributed by atoms with Crippen LogP contribution in [0, 0.1) is 31.6 Å². The summed E-state index contributed by atoms with van der Waals surface area (Å²) in [6.07, 6.45) is 2.47. The van der Waals surface area contributed by atoms with Crippen LogP contribution in [0.3, 0.4) is 0 Å². The van der Waals surface area contributed by atoms with Crippen LogP contribution >= 0.6 is 0 Å².